The maximum atomic E-state index is 13.5. The van der Waals surface area contributed by atoms with Gasteiger partial charge in [0.25, 0.3) is 0 Å². The molecule has 158 valence electrons. The average molecular weight is 439 g/mol. The summed E-state index contributed by atoms with van der Waals surface area (Å²) in [6, 6.07) is 20.0. The normalized spacial score (nSPS) is 12.8. The van der Waals surface area contributed by atoms with E-state index in [4.69, 9.17) is 4.74 Å². The van der Waals surface area contributed by atoms with Crippen molar-refractivity contribution < 1.29 is 9.53 Å². The topological polar surface area (TPSA) is 52.1 Å². The summed E-state index contributed by atoms with van der Waals surface area (Å²) >= 11 is 1.58. The summed E-state index contributed by atoms with van der Waals surface area (Å²) in [4.78, 5) is 23.4. The minimum absolute atomic E-state index is 0.00913. The first-order valence-electron chi connectivity index (χ1n) is 10.6. The zero-order valence-corrected chi connectivity index (χ0v) is 18.6. The van der Waals surface area contributed by atoms with Crippen molar-refractivity contribution in [3.63, 3.8) is 0 Å². The third-order valence-corrected chi connectivity index (χ3v) is 6.39. The van der Waals surface area contributed by atoms with Crippen molar-refractivity contribution in [2.45, 2.75) is 19.8 Å². The summed E-state index contributed by atoms with van der Waals surface area (Å²) in [5, 5.41) is 0. The monoisotopic (exact) mass is 438 g/mol. The Morgan fingerprint density at radius 1 is 0.969 bits per heavy atom. The Hall–Kier alpha value is -3.57. The van der Waals surface area contributed by atoms with Gasteiger partial charge >= 0.3 is 0 Å². The number of carbonyl (C=O) groups excluding carboxylic acids is 1. The summed E-state index contributed by atoms with van der Waals surface area (Å²) in [6.45, 7) is 2.64. The van der Waals surface area contributed by atoms with Crippen LogP contribution in [0.3, 0.4) is 0 Å². The predicted molar refractivity (Wildman–Crippen MR) is 128 cm³/mol. The Morgan fingerprint density at radius 3 is 2.59 bits per heavy atom. The number of carbonyl (C=O) groups is 1. The number of rotatable bonds is 7. The molecule has 0 spiro atoms. The highest BCUT2D eigenvalue weighted by atomic mass is 32.1. The van der Waals surface area contributed by atoms with Gasteiger partial charge in [-0.25, -0.2) is 4.98 Å². The number of allylic oxidation sites excluding steroid dienone is 1. The molecule has 5 heteroatoms. The lowest BCUT2D eigenvalue weighted by Crippen LogP contribution is -2.02. The number of aryl methyl sites for hydroxylation is 2. The van der Waals surface area contributed by atoms with Gasteiger partial charge in [-0.05, 0) is 55.2 Å². The van der Waals surface area contributed by atoms with Gasteiger partial charge in [-0.1, -0.05) is 36.4 Å². The van der Waals surface area contributed by atoms with Crippen molar-refractivity contribution in [3.8, 4) is 5.75 Å². The summed E-state index contributed by atoms with van der Waals surface area (Å²) in [7, 11) is 0. The van der Waals surface area contributed by atoms with Gasteiger partial charge in [0, 0.05) is 39.5 Å². The van der Waals surface area contributed by atoms with Crippen LogP contribution in [0.5, 0.6) is 5.75 Å². The van der Waals surface area contributed by atoms with Crippen molar-refractivity contribution in [2.75, 3.05) is 6.61 Å². The van der Waals surface area contributed by atoms with Crippen molar-refractivity contribution in [2.24, 2.45) is 0 Å². The standard InChI is InChI=1S/C27H22N2O2S/c1-18-26(29-17-32-18)25-22-12-11-21(31-14-6-9-19-7-3-2-4-8-19)15-23(22)27(30)24(25)20-10-5-13-28-16-20/h2-5,7-8,10-13,15-17H,6,9,14H2,1H3. The first-order chi connectivity index (χ1) is 15.7. The summed E-state index contributed by atoms with van der Waals surface area (Å²) in [5.41, 5.74) is 7.89. The van der Waals surface area contributed by atoms with E-state index in [2.05, 4.69) is 34.2 Å². The van der Waals surface area contributed by atoms with Gasteiger partial charge in [0.05, 0.1) is 17.8 Å². The van der Waals surface area contributed by atoms with Crippen LogP contribution in [0.1, 0.15) is 44.0 Å². The van der Waals surface area contributed by atoms with E-state index in [9.17, 15) is 4.79 Å². The Balaban J connectivity index is 1.42. The lowest BCUT2D eigenvalue weighted by molar-refractivity contribution is 0.105. The molecule has 0 bridgehead atoms. The van der Waals surface area contributed by atoms with E-state index < -0.39 is 0 Å². The predicted octanol–water partition coefficient (Wildman–Crippen LogP) is 6.01. The number of thiazole rings is 1. The van der Waals surface area contributed by atoms with Crippen molar-refractivity contribution in [3.05, 3.63) is 111 Å². The molecular weight excluding hydrogens is 416 g/mol. The van der Waals surface area contributed by atoms with E-state index in [-0.39, 0.29) is 5.78 Å². The van der Waals surface area contributed by atoms with Gasteiger partial charge in [-0.2, -0.15) is 0 Å². The fraction of sp³-hybridized carbons (Fsp3) is 0.148. The van der Waals surface area contributed by atoms with Crippen LogP contribution in [0.2, 0.25) is 0 Å². The van der Waals surface area contributed by atoms with E-state index >= 15 is 0 Å². The van der Waals surface area contributed by atoms with E-state index in [1.807, 2.05) is 48.8 Å². The highest BCUT2D eigenvalue weighted by molar-refractivity contribution is 7.09. The van der Waals surface area contributed by atoms with Crippen LogP contribution in [0, 0.1) is 6.92 Å². The zero-order valence-electron chi connectivity index (χ0n) is 17.7. The first kappa shape index (κ1) is 20.3. The molecule has 1 aliphatic carbocycles. The number of ketones is 1. The fourth-order valence-electron chi connectivity index (χ4n) is 4.09. The molecule has 0 atom stereocenters. The molecule has 0 saturated carbocycles. The van der Waals surface area contributed by atoms with E-state index in [0.717, 1.165) is 40.1 Å². The van der Waals surface area contributed by atoms with Crippen LogP contribution < -0.4 is 4.74 Å². The number of ether oxygens (including phenoxy) is 1. The molecule has 2 heterocycles. The molecule has 0 fully saturated rings. The highest BCUT2D eigenvalue weighted by Crippen LogP contribution is 2.44. The van der Waals surface area contributed by atoms with Gasteiger partial charge < -0.3 is 4.74 Å². The molecule has 32 heavy (non-hydrogen) atoms. The minimum Gasteiger partial charge on any atom is -0.494 e. The molecular formula is C27H22N2O2S. The van der Waals surface area contributed by atoms with E-state index in [1.54, 1.807) is 23.7 Å². The third-order valence-electron chi connectivity index (χ3n) is 5.64. The number of aromatic nitrogens is 2. The number of Topliss-reactive ketones (excluding diaryl/α,β-unsaturated/α-hetero) is 1. The summed E-state index contributed by atoms with van der Waals surface area (Å²) in [5.74, 6) is 0.706. The van der Waals surface area contributed by atoms with Gasteiger partial charge in [-0.3, -0.25) is 9.78 Å². The second-order valence-corrected chi connectivity index (χ2v) is 8.78. The number of hydrogen-bond acceptors (Lipinski definition) is 5. The van der Waals surface area contributed by atoms with Crippen molar-refractivity contribution >= 4 is 28.3 Å². The maximum absolute atomic E-state index is 13.5. The van der Waals surface area contributed by atoms with E-state index in [0.29, 0.717) is 23.5 Å². The van der Waals surface area contributed by atoms with Gasteiger partial charge in [0.15, 0.2) is 5.78 Å². The minimum atomic E-state index is -0.00913. The van der Waals surface area contributed by atoms with Crippen LogP contribution in [-0.2, 0) is 6.42 Å². The molecule has 4 nitrogen and oxygen atoms in total. The largest absolute Gasteiger partial charge is 0.494 e. The Bertz CT molecular complexity index is 1290. The maximum Gasteiger partial charge on any atom is 0.195 e. The SMILES string of the molecule is Cc1scnc1C1=C(c2cccnc2)C(=O)c2cc(OCCCc3ccccc3)ccc21. The summed E-state index contributed by atoms with van der Waals surface area (Å²) in [6.07, 6.45) is 5.33. The zero-order chi connectivity index (χ0) is 21.9. The Kier molecular flexibility index (Phi) is 5.65. The molecule has 0 N–H and O–H groups in total. The van der Waals surface area contributed by atoms with E-state index in [1.165, 1.54) is 5.56 Å². The number of nitrogens with zero attached hydrogens (tertiary/aromatic N) is 2. The number of fused-ring (bicyclic) bond motifs is 1. The first-order valence-corrected chi connectivity index (χ1v) is 11.5. The second kappa shape index (κ2) is 8.89. The van der Waals surface area contributed by atoms with Crippen LogP contribution in [-0.4, -0.2) is 22.4 Å². The van der Waals surface area contributed by atoms with Gasteiger partial charge in [0.2, 0.25) is 0 Å². The number of hydrogen-bond donors (Lipinski definition) is 0. The molecule has 0 saturated heterocycles. The molecule has 2 aromatic heterocycles. The lowest BCUT2D eigenvalue weighted by Gasteiger charge is -2.09. The second-order valence-electron chi connectivity index (χ2n) is 7.72. The molecule has 0 aliphatic heterocycles. The van der Waals surface area contributed by atoms with Crippen LogP contribution >= 0.6 is 11.3 Å². The fourth-order valence-corrected chi connectivity index (χ4v) is 4.67. The number of pyridine rings is 1. The van der Waals surface area contributed by atoms with Crippen LogP contribution in [0.25, 0.3) is 11.1 Å². The quantitative estimate of drug-likeness (QED) is 0.331. The van der Waals surface area contributed by atoms with Gasteiger partial charge in [0.1, 0.15) is 5.75 Å². The molecule has 2 aromatic carbocycles. The smallest absolute Gasteiger partial charge is 0.195 e. The molecule has 0 amide bonds. The van der Waals surface area contributed by atoms with Crippen molar-refractivity contribution in [1.82, 2.24) is 9.97 Å². The molecule has 0 unspecified atom stereocenters. The van der Waals surface area contributed by atoms with Gasteiger partial charge in [-0.15, -0.1) is 11.3 Å². The molecule has 4 aromatic rings. The summed E-state index contributed by atoms with van der Waals surface area (Å²) < 4.78 is 6.00. The molecule has 5 rings (SSSR count). The lowest BCUT2D eigenvalue weighted by atomic mass is 9.98. The Morgan fingerprint density at radius 2 is 1.84 bits per heavy atom. The van der Waals surface area contributed by atoms with Crippen LogP contribution in [0.4, 0.5) is 0 Å². The highest BCUT2D eigenvalue weighted by Gasteiger charge is 2.33. The molecule has 0 radical (unpaired) electrons. The van der Waals surface area contributed by atoms with Crippen molar-refractivity contribution in [1.29, 1.82) is 0 Å². The third kappa shape index (κ3) is 3.87. The van der Waals surface area contributed by atoms with Crippen LogP contribution in [0.15, 0.2) is 78.6 Å². The average Bonchev–Trinajstić information content (AvgIpc) is 3.38. The number of benzene rings is 2. The Labute approximate surface area is 191 Å². The molecule has 1 aliphatic rings.